The van der Waals surface area contributed by atoms with E-state index in [0.29, 0.717) is 11.0 Å². The van der Waals surface area contributed by atoms with Gasteiger partial charge in [0.25, 0.3) is 0 Å². The highest BCUT2D eigenvalue weighted by Crippen LogP contribution is 2.33. The summed E-state index contributed by atoms with van der Waals surface area (Å²) in [5.74, 6) is -0.927. The van der Waals surface area contributed by atoms with Gasteiger partial charge in [-0.1, -0.05) is 6.07 Å². The molecular formula is C12H12F3N3. The number of rotatable bonds is 1. The minimum atomic E-state index is -4.43. The van der Waals surface area contributed by atoms with Gasteiger partial charge in [-0.05, 0) is 25.0 Å². The molecule has 1 N–H and O–H groups in total. The molecule has 1 fully saturated rings. The van der Waals surface area contributed by atoms with Crippen LogP contribution in [0.1, 0.15) is 18.7 Å². The van der Waals surface area contributed by atoms with Crippen LogP contribution in [0.15, 0.2) is 18.2 Å². The number of para-hydroxylation sites is 1. The maximum Gasteiger partial charge on any atom is 0.449 e. The summed E-state index contributed by atoms with van der Waals surface area (Å²) in [5, 5.41) is 0. The van der Waals surface area contributed by atoms with E-state index >= 15 is 0 Å². The van der Waals surface area contributed by atoms with Crippen molar-refractivity contribution < 1.29 is 13.2 Å². The second-order valence-electron chi connectivity index (χ2n) is 4.45. The van der Waals surface area contributed by atoms with Crippen LogP contribution in [0.2, 0.25) is 0 Å². The number of nitrogens with one attached hydrogen (secondary N) is 1. The molecule has 3 rings (SSSR count). The standard InChI is InChI=1S/C12H12F3N3/c13-12(14,15)11-16-8-4-3-5-9(10(8)17-11)18-6-1-2-7-18/h3-5H,1-2,6-7H2,(H,16,17). The number of benzene rings is 1. The second kappa shape index (κ2) is 3.90. The molecule has 0 aliphatic carbocycles. The van der Waals surface area contributed by atoms with E-state index in [9.17, 15) is 13.2 Å². The van der Waals surface area contributed by atoms with Crippen LogP contribution in [0.25, 0.3) is 11.0 Å². The molecule has 0 radical (unpaired) electrons. The zero-order chi connectivity index (χ0) is 12.8. The Morgan fingerprint density at radius 3 is 2.56 bits per heavy atom. The molecule has 0 saturated carbocycles. The molecule has 1 aromatic carbocycles. The van der Waals surface area contributed by atoms with Crippen LogP contribution in [0, 0.1) is 0 Å². The molecule has 1 aromatic heterocycles. The molecule has 96 valence electrons. The van der Waals surface area contributed by atoms with Crippen LogP contribution in [0.5, 0.6) is 0 Å². The van der Waals surface area contributed by atoms with Crippen molar-refractivity contribution in [2.45, 2.75) is 19.0 Å². The Bertz CT molecular complexity index is 567. The van der Waals surface area contributed by atoms with Gasteiger partial charge in [-0.2, -0.15) is 13.2 Å². The first-order chi connectivity index (χ1) is 8.55. The summed E-state index contributed by atoms with van der Waals surface area (Å²) in [4.78, 5) is 8.13. The first kappa shape index (κ1) is 11.4. The van der Waals surface area contributed by atoms with Crippen molar-refractivity contribution in [1.82, 2.24) is 9.97 Å². The Morgan fingerprint density at radius 1 is 1.17 bits per heavy atom. The molecule has 0 unspecified atom stereocenters. The zero-order valence-electron chi connectivity index (χ0n) is 9.59. The number of halogens is 3. The average molecular weight is 255 g/mol. The number of alkyl halides is 3. The Balaban J connectivity index is 2.12. The number of aromatic nitrogens is 2. The zero-order valence-corrected chi connectivity index (χ0v) is 9.59. The maximum atomic E-state index is 12.6. The lowest BCUT2D eigenvalue weighted by atomic mass is 10.2. The lowest BCUT2D eigenvalue weighted by Crippen LogP contribution is -2.17. The van der Waals surface area contributed by atoms with Gasteiger partial charge in [-0.15, -0.1) is 0 Å². The number of H-pyrrole nitrogens is 1. The molecule has 3 nitrogen and oxygen atoms in total. The van der Waals surface area contributed by atoms with Crippen LogP contribution >= 0.6 is 0 Å². The van der Waals surface area contributed by atoms with Crippen molar-refractivity contribution in [3.8, 4) is 0 Å². The fourth-order valence-electron chi connectivity index (χ4n) is 2.36. The van der Waals surface area contributed by atoms with Crippen LogP contribution in [-0.4, -0.2) is 23.1 Å². The van der Waals surface area contributed by atoms with Crippen molar-refractivity contribution in [3.63, 3.8) is 0 Å². The molecule has 18 heavy (non-hydrogen) atoms. The van der Waals surface area contributed by atoms with Crippen LogP contribution in [0.3, 0.4) is 0 Å². The summed E-state index contributed by atoms with van der Waals surface area (Å²) >= 11 is 0. The van der Waals surface area contributed by atoms with Crippen molar-refractivity contribution in [1.29, 1.82) is 0 Å². The van der Waals surface area contributed by atoms with Gasteiger partial charge in [-0.3, -0.25) is 0 Å². The third kappa shape index (κ3) is 1.81. The van der Waals surface area contributed by atoms with Crippen molar-refractivity contribution >= 4 is 16.7 Å². The fourth-order valence-corrected chi connectivity index (χ4v) is 2.36. The number of hydrogen-bond acceptors (Lipinski definition) is 2. The monoisotopic (exact) mass is 255 g/mol. The summed E-state index contributed by atoms with van der Waals surface area (Å²) < 4.78 is 37.9. The molecular weight excluding hydrogens is 243 g/mol. The number of anilines is 1. The predicted octanol–water partition coefficient (Wildman–Crippen LogP) is 3.18. The summed E-state index contributed by atoms with van der Waals surface area (Å²) in [6.45, 7) is 1.76. The Labute approximate surface area is 102 Å². The molecule has 6 heteroatoms. The Kier molecular flexibility index (Phi) is 2.46. The first-order valence-electron chi connectivity index (χ1n) is 5.86. The van der Waals surface area contributed by atoms with E-state index < -0.39 is 12.0 Å². The highest BCUT2D eigenvalue weighted by molar-refractivity contribution is 5.89. The third-order valence-electron chi connectivity index (χ3n) is 3.21. The lowest BCUT2D eigenvalue weighted by molar-refractivity contribution is -0.144. The van der Waals surface area contributed by atoms with Gasteiger partial charge in [0, 0.05) is 13.1 Å². The SMILES string of the molecule is FC(F)(F)c1nc2c(N3CCCC3)cccc2[nH]1. The van der Waals surface area contributed by atoms with Crippen LogP contribution < -0.4 is 4.90 Å². The van der Waals surface area contributed by atoms with E-state index in [0.717, 1.165) is 31.6 Å². The van der Waals surface area contributed by atoms with Crippen molar-refractivity contribution in [2.75, 3.05) is 18.0 Å². The normalized spacial score (nSPS) is 16.7. The maximum absolute atomic E-state index is 12.6. The van der Waals surface area contributed by atoms with Gasteiger partial charge in [0.2, 0.25) is 5.82 Å². The molecule has 0 atom stereocenters. The molecule has 2 aromatic rings. The van der Waals surface area contributed by atoms with Gasteiger partial charge in [0.1, 0.15) is 5.52 Å². The van der Waals surface area contributed by atoms with Gasteiger partial charge >= 0.3 is 6.18 Å². The smallest absolute Gasteiger partial charge is 0.370 e. The van der Waals surface area contributed by atoms with Gasteiger partial charge in [-0.25, -0.2) is 4.98 Å². The van der Waals surface area contributed by atoms with E-state index in [1.807, 2.05) is 6.07 Å². The molecule has 1 aliphatic rings. The highest BCUT2D eigenvalue weighted by atomic mass is 19.4. The fraction of sp³-hybridized carbons (Fsp3) is 0.417. The number of nitrogens with zero attached hydrogens (tertiary/aromatic N) is 2. The molecule has 0 spiro atoms. The third-order valence-corrected chi connectivity index (χ3v) is 3.21. The minimum absolute atomic E-state index is 0.409. The lowest BCUT2D eigenvalue weighted by Gasteiger charge is -2.17. The van der Waals surface area contributed by atoms with Crippen LogP contribution in [-0.2, 0) is 6.18 Å². The van der Waals surface area contributed by atoms with Crippen molar-refractivity contribution in [3.05, 3.63) is 24.0 Å². The molecule has 1 saturated heterocycles. The quantitative estimate of drug-likeness (QED) is 0.848. The van der Waals surface area contributed by atoms with Gasteiger partial charge < -0.3 is 9.88 Å². The second-order valence-corrected chi connectivity index (χ2v) is 4.45. The molecule has 1 aliphatic heterocycles. The van der Waals surface area contributed by atoms with E-state index in [4.69, 9.17) is 0 Å². The van der Waals surface area contributed by atoms with Crippen molar-refractivity contribution in [2.24, 2.45) is 0 Å². The van der Waals surface area contributed by atoms with E-state index in [-0.39, 0.29) is 0 Å². The predicted molar refractivity (Wildman–Crippen MR) is 62.5 cm³/mol. The summed E-state index contributed by atoms with van der Waals surface area (Å²) in [5.41, 5.74) is 1.63. The van der Waals surface area contributed by atoms with Crippen LogP contribution in [0.4, 0.5) is 18.9 Å². The number of hydrogen-bond donors (Lipinski definition) is 1. The topological polar surface area (TPSA) is 31.9 Å². The Morgan fingerprint density at radius 2 is 1.89 bits per heavy atom. The summed E-state index contributed by atoms with van der Waals surface area (Å²) in [7, 11) is 0. The van der Waals surface area contributed by atoms with Gasteiger partial charge in [0.05, 0.1) is 11.2 Å². The van der Waals surface area contributed by atoms with E-state index in [1.165, 1.54) is 0 Å². The van der Waals surface area contributed by atoms with E-state index in [2.05, 4.69) is 14.9 Å². The number of imidazole rings is 1. The molecule has 0 bridgehead atoms. The largest absolute Gasteiger partial charge is 0.449 e. The molecule has 2 heterocycles. The summed E-state index contributed by atoms with van der Waals surface area (Å²) in [6.07, 6.45) is -2.28. The van der Waals surface area contributed by atoms with E-state index in [1.54, 1.807) is 12.1 Å². The average Bonchev–Trinajstić information content (AvgIpc) is 2.96. The van der Waals surface area contributed by atoms with Gasteiger partial charge in [0.15, 0.2) is 0 Å². The summed E-state index contributed by atoms with van der Waals surface area (Å²) in [6, 6.07) is 5.21. The minimum Gasteiger partial charge on any atom is -0.370 e. The number of fused-ring (bicyclic) bond motifs is 1. The number of aromatic amines is 1. The Hall–Kier alpha value is -1.72. The first-order valence-corrected chi connectivity index (χ1v) is 5.86. The molecule has 0 amide bonds. The highest BCUT2D eigenvalue weighted by Gasteiger charge is 2.35.